The normalized spacial score (nSPS) is 14.3. The van der Waals surface area contributed by atoms with Gasteiger partial charge in [-0.15, -0.1) is 0 Å². The number of hydrogen-bond donors (Lipinski definition) is 1. The Hall–Kier alpha value is -3.72. The smallest absolute Gasteiger partial charge is 0.372 e. The monoisotopic (exact) mass is 553 g/mol. The summed E-state index contributed by atoms with van der Waals surface area (Å²) in [4.78, 5) is 31.0. The Morgan fingerprint density at radius 2 is 1.79 bits per heavy atom. The van der Waals surface area contributed by atoms with E-state index in [1.54, 1.807) is 18.2 Å². The van der Waals surface area contributed by atoms with E-state index in [4.69, 9.17) is 0 Å². The molecule has 9 heteroatoms. The van der Waals surface area contributed by atoms with E-state index in [1.807, 2.05) is 18.2 Å². The van der Waals surface area contributed by atoms with Crippen molar-refractivity contribution in [2.75, 3.05) is 36.0 Å². The number of fused-ring (bicyclic) bond motifs is 1. The van der Waals surface area contributed by atoms with Crippen LogP contribution in [0.5, 0.6) is 0 Å². The fourth-order valence-electron chi connectivity index (χ4n) is 4.33. The highest BCUT2D eigenvalue weighted by Crippen LogP contribution is 2.42. The molecular formula is C30H30F3N3O2S. The quantitative estimate of drug-likeness (QED) is 0.242. The Balaban J connectivity index is 1.40. The Morgan fingerprint density at radius 3 is 2.49 bits per heavy atom. The van der Waals surface area contributed by atoms with Crippen LogP contribution in [-0.4, -0.2) is 38.0 Å². The number of halogens is 3. The molecule has 0 spiro atoms. The molecule has 2 amide bonds. The second-order valence-electron chi connectivity index (χ2n) is 9.21. The Morgan fingerprint density at radius 1 is 1.05 bits per heavy atom. The number of aryl methyl sites for hydroxylation is 1. The molecule has 0 bridgehead atoms. The van der Waals surface area contributed by atoms with E-state index in [0.717, 1.165) is 42.2 Å². The maximum absolute atomic E-state index is 13.4. The first-order valence-electron chi connectivity index (χ1n) is 12.7. The molecule has 0 aromatic heterocycles. The fraction of sp³-hybridized carbons (Fsp3) is 0.267. The number of rotatable bonds is 9. The van der Waals surface area contributed by atoms with Gasteiger partial charge in [0.05, 0.1) is 16.2 Å². The average molecular weight is 554 g/mol. The highest BCUT2D eigenvalue weighted by atomic mass is 32.2. The zero-order chi connectivity index (χ0) is 28.0. The van der Waals surface area contributed by atoms with Gasteiger partial charge in [0.1, 0.15) is 6.54 Å². The molecule has 3 aromatic carbocycles. The molecule has 0 unspecified atom stereocenters. The molecule has 1 N–H and O–H groups in total. The lowest BCUT2D eigenvalue weighted by Gasteiger charge is -2.30. The van der Waals surface area contributed by atoms with Crippen LogP contribution in [0.2, 0.25) is 0 Å². The number of carbonyl (C=O) groups excluding carboxylic acids is 2. The minimum absolute atomic E-state index is 0.157. The summed E-state index contributed by atoms with van der Waals surface area (Å²) in [5.74, 6) is -0.650. The van der Waals surface area contributed by atoms with E-state index < -0.39 is 11.7 Å². The van der Waals surface area contributed by atoms with E-state index >= 15 is 0 Å². The minimum atomic E-state index is -4.43. The van der Waals surface area contributed by atoms with Crippen molar-refractivity contribution in [1.82, 2.24) is 5.32 Å². The molecule has 1 heterocycles. The van der Waals surface area contributed by atoms with E-state index in [0.29, 0.717) is 22.7 Å². The third-order valence-corrected chi connectivity index (χ3v) is 7.42. The van der Waals surface area contributed by atoms with E-state index in [9.17, 15) is 22.8 Å². The zero-order valence-corrected chi connectivity index (χ0v) is 22.6. The van der Waals surface area contributed by atoms with Crippen LogP contribution in [0.4, 0.5) is 24.5 Å². The van der Waals surface area contributed by atoms with E-state index in [2.05, 4.69) is 42.3 Å². The van der Waals surface area contributed by atoms with Crippen molar-refractivity contribution in [3.8, 4) is 0 Å². The number of nitrogens with one attached hydrogen (secondary N) is 1. The van der Waals surface area contributed by atoms with Crippen molar-refractivity contribution >= 4 is 41.0 Å². The third kappa shape index (κ3) is 7.23. The van der Waals surface area contributed by atoms with Gasteiger partial charge in [-0.2, -0.15) is 13.2 Å². The molecule has 5 nitrogen and oxygen atoms in total. The van der Waals surface area contributed by atoms with Crippen LogP contribution in [0.1, 0.15) is 30.0 Å². The van der Waals surface area contributed by atoms with Crippen LogP contribution >= 0.6 is 11.8 Å². The number of para-hydroxylation sites is 1. The first-order chi connectivity index (χ1) is 18.7. The Labute approximate surface area is 230 Å². The van der Waals surface area contributed by atoms with Crippen LogP contribution < -0.4 is 15.1 Å². The highest BCUT2D eigenvalue weighted by molar-refractivity contribution is 8.04. The van der Waals surface area contributed by atoms with Gasteiger partial charge in [-0.05, 0) is 73.9 Å². The Bertz CT molecular complexity index is 1360. The summed E-state index contributed by atoms with van der Waals surface area (Å²) in [6.07, 6.45) is -2.13. The molecule has 204 valence electrons. The van der Waals surface area contributed by atoms with Gasteiger partial charge in [0.25, 0.3) is 5.91 Å². The molecule has 0 saturated heterocycles. The van der Waals surface area contributed by atoms with Gasteiger partial charge >= 0.3 is 6.18 Å². The summed E-state index contributed by atoms with van der Waals surface area (Å²) in [5, 5.41) is 2.92. The highest BCUT2D eigenvalue weighted by Gasteiger charge is 2.31. The SMILES string of the molecule is CCN(CCCNC(=O)CN1C(=O)/C(=C/c2ccc(C(F)(F)F)cc2)Sc2ccccc21)c1cccc(C)c1. The number of benzene rings is 3. The largest absolute Gasteiger partial charge is 0.416 e. The average Bonchev–Trinajstić information content (AvgIpc) is 2.91. The van der Waals surface area contributed by atoms with Crippen molar-refractivity contribution < 1.29 is 22.8 Å². The number of nitrogens with zero attached hydrogens (tertiary/aromatic N) is 2. The zero-order valence-electron chi connectivity index (χ0n) is 21.8. The van der Waals surface area contributed by atoms with Crippen molar-refractivity contribution in [3.63, 3.8) is 0 Å². The molecule has 39 heavy (non-hydrogen) atoms. The van der Waals surface area contributed by atoms with Crippen LogP contribution in [0.15, 0.2) is 82.6 Å². The first kappa shape index (κ1) is 28.3. The van der Waals surface area contributed by atoms with Crippen LogP contribution in [0.25, 0.3) is 6.08 Å². The van der Waals surface area contributed by atoms with E-state index in [-0.39, 0.29) is 18.4 Å². The van der Waals surface area contributed by atoms with Gasteiger partial charge in [-0.25, -0.2) is 0 Å². The molecule has 1 aliphatic heterocycles. The number of thioether (sulfide) groups is 1. The third-order valence-electron chi connectivity index (χ3n) is 6.34. The van der Waals surface area contributed by atoms with Crippen molar-refractivity contribution in [3.05, 3.63) is 94.4 Å². The molecular weight excluding hydrogens is 523 g/mol. The summed E-state index contributed by atoms with van der Waals surface area (Å²) in [5.41, 5.74) is 2.68. The minimum Gasteiger partial charge on any atom is -0.372 e. The number of hydrogen-bond acceptors (Lipinski definition) is 4. The molecule has 0 atom stereocenters. The summed E-state index contributed by atoms with van der Waals surface area (Å²) in [6.45, 7) is 6.09. The maximum Gasteiger partial charge on any atom is 0.416 e. The Kier molecular flexibility index (Phi) is 9.01. The summed E-state index contributed by atoms with van der Waals surface area (Å²) >= 11 is 1.24. The predicted octanol–water partition coefficient (Wildman–Crippen LogP) is 6.53. The molecule has 3 aromatic rings. The fourth-order valence-corrected chi connectivity index (χ4v) is 5.39. The van der Waals surface area contributed by atoms with Gasteiger partial charge in [-0.3, -0.25) is 14.5 Å². The molecule has 0 saturated carbocycles. The lowest BCUT2D eigenvalue weighted by atomic mass is 10.1. The van der Waals surface area contributed by atoms with Crippen molar-refractivity contribution in [2.45, 2.75) is 31.3 Å². The lowest BCUT2D eigenvalue weighted by Crippen LogP contribution is -2.43. The molecule has 0 radical (unpaired) electrons. The number of amides is 2. The predicted molar refractivity (Wildman–Crippen MR) is 151 cm³/mol. The number of carbonyl (C=O) groups is 2. The molecule has 0 aliphatic carbocycles. The molecule has 4 rings (SSSR count). The van der Waals surface area contributed by atoms with Crippen LogP contribution in [0.3, 0.4) is 0 Å². The molecule has 1 aliphatic rings. The van der Waals surface area contributed by atoms with Crippen LogP contribution in [0, 0.1) is 6.92 Å². The number of anilines is 2. The maximum atomic E-state index is 13.4. The topological polar surface area (TPSA) is 52.7 Å². The lowest BCUT2D eigenvalue weighted by molar-refractivity contribution is -0.137. The van der Waals surface area contributed by atoms with Crippen LogP contribution in [-0.2, 0) is 15.8 Å². The van der Waals surface area contributed by atoms with Gasteiger partial charge in [-0.1, -0.05) is 48.2 Å². The summed E-state index contributed by atoms with van der Waals surface area (Å²) < 4.78 is 38.8. The van der Waals surface area contributed by atoms with Crippen molar-refractivity contribution in [1.29, 1.82) is 0 Å². The first-order valence-corrected chi connectivity index (χ1v) is 13.5. The van der Waals surface area contributed by atoms with Gasteiger partial charge in [0, 0.05) is 30.2 Å². The van der Waals surface area contributed by atoms with Gasteiger partial charge < -0.3 is 10.2 Å². The second kappa shape index (κ2) is 12.4. The standard InChI is InChI=1S/C30H30F3N3O2S/c1-3-35(24-9-6-8-21(2)18-24)17-7-16-34-28(37)20-36-25-10-4-5-11-26(25)39-27(29(36)38)19-22-12-14-23(15-13-22)30(31,32)33/h4-6,8-15,18-19H,3,7,16-17,20H2,1-2H3,(H,34,37)/b27-19-. The second-order valence-corrected chi connectivity index (χ2v) is 10.3. The van der Waals surface area contributed by atoms with E-state index in [1.165, 1.54) is 34.4 Å². The van der Waals surface area contributed by atoms with Gasteiger partial charge in [0.2, 0.25) is 5.91 Å². The van der Waals surface area contributed by atoms with Crippen molar-refractivity contribution in [2.24, 2.45) is 0 Å². The summed E-state index contributed by atoms with van der Waals surface area (Å²) in [7, 11) is 0. The molecule has 0 fully saturated rings. The summed E-state index contributed by atoms with van der Waals surface area (Å²) in [6, 6.07) is 20.2. The van der Waals surface area contributed by atoms with Gasteiger partial charge in [0.15, 0.2) is 0 Å². The number of alkyl halides is 3.